The van der Waals surface area contributed by atoms with Crippen LogP contribution in [0.2, 0.25) is 0 Å². The Morgan fingerprint density at radius 3 is 2.43 bits per heavy atom. The molecule has 0 spiro atoms. The van der Waals surface area contributed by atoms with Crippen LogP contribution in [0.1, 0.15) is 44.6 Å². The van der Waals surface area contributed by atoms with Gasteiger partial charge in [-0.3, -0.25) is 4.90 Å². The van der Waals surface area contributed by atoms with E-state index in [4.69, 9.17) is 4.74 Å². The second-order valence-corrected chi connectivity index (χ2v) is 8.08. The van der Waals surface area contributed by atoms with Gasteiger partial charge in [0, 0.05) is 0 Å². The van der Waals surface area contributed by atoms with E-state index in [1.807, 2.05) is 6.92 Å². The summed E-state index contributed by atoms with van der Waals surface area (Å²) in [7, 11) is -3.60. The number of amides is 1. The summed E-state index contributed by atoms with van der Waals surface area (Å²) in [5.74, 6) is 0. The predicted molar refractivity (Wildman–Crippen MR) is 89.0 cm³/mol. The van der Waals surface area contributed by atoms with Crippen LogP contribution in [0.15, 0.2) is 29.2 Å². The standard InChI is InChI=1S/C17H25NO4S/c1-3-4-5-6-7-16(18-12-13-22-17(18)19)23(20,21)15-10-8-14(2)9-11-15/h8-11,16H,3-7,12-13H2,1-2H3/t16-/m0/s1. The lowest BCUT2D eigenvalue weighted by Crippen LogP contribution is -2.41. The van der Waals surface area contributed by atoms with Crippen molar-refractivity contribution in [2.75, 3.05) is 13.2 Å². The third kappa shape index (κ3) is 4.25. The molecule has 1 atom stereocenters. The molecule has 1 heterocycles. The van der Waals surface area contributed by atoms with Crippen LogP contribution in [0.25, 0.3) is 0 Å². The smallest absolute Gasteiger partial charge is 0.411 e. The van der Waals surface area contributed by atoms with Crippen molar-refractivity contribution in [2.24, 2.45) is 0 Å². The number of benzene rings is 1. The number of unbranched alkanes of at least 4 members (excludes halogenated alkanes) is 3. The fourth-order valence-electron chi connectivity index (χ4n) is 2.78. The van der Waals surface area contributed by atoms with Gasteiger partial charge in [-0.2, -0.15) is 0 Å². The van der Waals surface area contributed by atoms with Gasteiger partial charge in [-0.05, 0) is 25.5 Å². The largest absolute Gasteiger partial charge is 0.447 e. The fraction of sp³-hybridized carbons (Fsp3) is 0.588. The predicted octanol–water partition coefficient (Wildman–Crippen LogP) is 3.52. The average molecular weight is 339 g/mol. The second kappa shape index (κ2) is 7.81. The van der Waals surface area contributed by atoms with Crippen molar-refractivity contribution in [1.82, 2.24) is 4.90 Å². The molecule has 128 valence electrons. The summed E-state index contributed by atoms with van der Waals surface area (Å²) in [5.41, 5.74) is 1.00. The number of sulfone groups is 1. The Balaban J connectivity index is 2.23. The fourth-order valence-corrected chi connectivity index (χ4v) is 4.61. The summed E-state index contributed by atoms with van der Waals surface area (Å²) in [6.45, 7) is 4.62. The molecular formula is C17H25NO4S. The van der Waals surface area contributed by atoms with E-state index < -0.39 is 21.3 Å². The van der Waals surface area contributed by atoms with E-state index in [9.17, 15) is 13.2 Å². The Labute approximate surface area is 138 Å². The van der Waals surface area contributed by atoms with Crippen LogP contribution in [-0.4, -0.2) is 37.9 Å². The molecule has 2 rings (SSSR count). The number of carbonyl (C=O) groups is 1. The number of rotatable bonds is 8. The third-order valence-corrected chi connectivity index (χ3v) is 6.29. The number of hydrogen-bond acceptors (Lipinski definition) is 4. The summed E-state index contributed by atoms with van der Waals surface area (Å²) in [6, 6.07) is 6.79. The molecule has 0 aromatic heterocycles. The van der Waals surface area contributed by atoms with E-state index in [2.05, 4.69) is 6.92 Å². The summed E-state index contributed by atoms with van der Waals surface area (Å²) >= 11 is 0. The van der Waals surface area contributed by atoms with Crippen molar-refractivity contribution >= 4 is 15.9 Å². The van der Waals surface area contributed by atoms with Gasteiger partial charge in [0.2, 0.25) is 0 Å². The highest BCUT2D eigenvalue weighted by Crippen LogP contribution is 2.26. The lowest BCUT2D eigenvalue weighted by molar-refractivity contribution is 0.154. The maximum Gasteiger partial charge on any atom is 0.411 e. The summed E-state index contributed by atoms with van der Waals surface area (Å²) in [6.07, 6.45) is 3.84. The minimum Gasteiger partial charge on any atom is -0.447 e. The minimum absolute atomic E-state index is 0.258. The third-order valence-electron chi connectivity index (χ3n) is 4.15. The van der Waals surface area contributed by atoms with Crippen LogP contribution in [0, 0.1) is 6.92 Å². The number of ether oxygens (including phenoxy) is 1. The summed E-state index contributed by atoms with van der Waals surface area (Å²) in [5, 5.41) is -0.836. The normalized spacial score (nSPS) is 16.4. The van der Waals surface area contributed by atoms with Crippen molar-refractivity contribution < 1.29 is 17.9 Å². The summed E-state index contributed by atoms with van der Waals surface area (Å²) < 4.78 is 30.9. The molecule has 1 aliphatic rings. The first-order chi connectivity index (χ1) is 11.0. The lowest BCUT2D eigenvalue weighted by atomic mass is 10.1. The zero-order valence-corrected chi connectivity index (χ0v) is 14.6. The van der Waals surface area contributed by atoms with Gasteiger partial charge in [-0.25, -0.2) is 13.2 Å². The van der Waals surface area contributed by atoms with Gasteiger partial charge in [0.15, 0.2) is 9.84 Å². The zero-order valence-electron chi connectivity index (χ0n) is 13.8. The Kier molecular flexibility index (Phi) is 6.04. The maximum absolute atomic E-state index is 13.0. The molecule has 1 aromatic carbocycles. The molecule has 1 aromatic rings. The molecule has 1 saturated heterocycles. The van der Waals surface area contributed by atoms with Gasteiger partial charge >= 0.3 is 6.09 Å². The van der Waals surface area contributed by atoms with E-state index in [0.717, 1.165) is 31.2 Å². The van der Waals surface area contributed by atoms with Crippen molar-refractivity contribution in [2.45, 2.75) is 56.2 Å². The quantitative estimate of drug-likeness (QED) is 0.680. The van der Waals surface area contributed by atoms with Crippen LogP contribution in [0.5, 0.6) is 0 Å². The lowest BCUT2D eigenvalue weighted by Gasteiger charge is -2.25. The van der Waals surface area contributed by atoms with Crippen LogP contribution in [0.4, 0.5) is 4.79 Å². The number of cyclic esters (lactones) is 1. The van der Waals surface area contributed by atoms with Crippen molar-refractivity contribution in [3.05, 3.63) is 29.8 Å². The van der Waals surface area contributed by atoms with E-state index >= 15 is 0 Å². The number of aryl methyl sites for hydroxylation is 1. The molecule has 0 N–H and O–H groups in total. The Morgan fingerprint density at radius 2 is 1.87 bits per heavy atom. The summed E-state index contributed by atoms with van der Waals surface area (Å²) in [4.78, 5) is 13.5. The van der Waals surface area contributed by atoms with Crippen LogP contribution < -0.4 is 0 Å². The zero-order chi connectivity index (χ0) is 16.9. The number of nitrogens with zero attached hydrogens (tertiary/aromatic N) is 1. The molecular weight excluding hydrogens is 314 g/mol. The Morgan fingerprint density at radius 1 is 1.17 bits per heavy atom. The molecule has 0 bridgehead atoms. The first-order valence-electron chi connectivity index (χ1n) is 8.20. The van der Waals surface area contributed by atoms with Crippen molar-refractivity contribution in [3.63, 3.8) is 0 Å². The second-order valence-electron chi connectivity index (χ2n) is 5.97. The molecule has 6 heteroatoms. The van der Waals surface area contributed by atoms with Gasteiger partial charge in [0.1, 0.15) is 12.0 Å². The molecule has 1 aliphatic heterocycles. The highest BCUT2D eigenvalue weighted by molar-refractivity contribution is 7.92. The van der Waals surface area contributed by atoms with Crippen molar-refractivity contribution in [3.8, 4) is 0 Å². The highest BCUT2D eigenvalue weighted by Gasteiger charge is 2.38. The topological polar surface area (TPSA) is 63.7 Å². The van der Waals surface area contributed by atoms with E-state index in [1.165, 1.54) is 4.90 Å². The van der Waals surface area contributed by atoms with Crippen LogP contribution in [0.3, 0.4) is 0 Å². The monoisotopic (exact) mass is 339 g/mol. The van der Waals surface area contributed by atoms with Gasteiger partial charge in [0.05, 0.1) is 11.4 Å². The number of carbonyl (C=O) groups excluding carboxylic acids is 1. The Bertz CT molecular complexity index is 624. The highest BCUT2D eigenvalue weighted by atomic mass is 32.2. The first-order valence-corrected chi connectivity index (χ1v) is 9.75. The molecule has 0 radical (unpaired) electrons. The van der Waals surface area contributed by atoms with Gasteiger partial charge in [0.25, 0.3) is 0 Å². The molecule has 23 heavy (non-hydrogen) atoms. The van der Waals surface area contributed by atoms with Crippen LogP contribution in [-0.2, 0) is 14.6 Å². The van der Waals surface area contributed by atoms with Gasteiger partial charge in [-0.1, -0.05) is 50.3 Å². The first kappa shape index (κ1) is 17.8. The van der Waals surface area contributed by atoms with Crippen LogP contribution >= 0.6 is 0 Å². The molecule has 1 fully saturated rings. The van der Waals surface area contributed by atoms with Crippen molar-refractivity contribution in [1.29, 1.82) is 0 Å². The van der Waals surface area contributed by atoms with E-state index in [0.29, 0.717) is 13.0 Å². The molecule has 1 amide bonds. The molecule has 0 aliphatic carbocycles. The molecule has 5 nitrogen and oxygen atoms in total. The number of hydrogen-bond donors (Lipinski definition) is 0. The SMILES string of the molecule is CCCCCC[C@@H](N1CCOC1=O)S(=O)(=O)c1ccc(C)cc1. The van der Waals surface area contributed by atoms with Gasteiger partial charge in [-0.15, -0.1) is 0 Å². The van der Waals surface area contributed by atoms with E-state index in [-0.39, 0.29) is 11.5 Å². The average Bonchev–Trinajstić information content (AvgIpc) is 2.93. The Hall–Kier alpha value is -1.56. The molecule has 0 unspecified atom stereocenters. The maximum atomic E-state index is 13.0. The minimum atomic E-state index is -3.60. The molecule has 0 saturated carbocycles. The van der Waals surface area contributed by atoms with E-state index in [1.54, 1.807) is 24.3 Å². The van der Waals surface area contributed by atoms with Gasteiger partial charge < -0.3 is 4.74 Å².